The molecule has 0 aliphatic rings. The highest BCUT2D eigenvalue weighted by Gasteiger charge is 2.12. The van der Waals surface area contributed by atoms with E-state index >= 15 is 0 Å². The molecule has 0 radical (unpaired) electrons. The molecule has 0 unspecified atom stereocenters. The van der Waals surface area contributed by atoms with Gasteiger partial charge in [-0.15, -0.1) is 11.3 Å². The summed E-state index contributed by atoms with van der Waals surface area (Å²) in [4.78, 5) is 25.9. The van der Waals surface area contributed by atoms with E-state index in [2.05, 4.69) is 25.4 Å². The van der Waals surface area contributed by atoms with E-state index in [4.69, 9.17) is 4.52 Å². The Morgan fingerprint density at radius 1 is 1.19 bits per heavy atom. The Balaban J connectivity index is 1.45. The van der Waals surface area contributed by atoms with E-state index in [-0.39, 0.29) is 5.56 Å². The number of fused-ring (bicyclic) bond motifs is 1. The molecule has 0 saturated carbocycles. The molecule has 3 heterocycles. The van der Waals surface area contributed by atoms with Gasteiger partial charge < -0.3 is 14.8 Å². The van der Waals surface area contributed by atoms with Crippen molar-refractivity contribution in [3.63, 3.8) is 0 Å². The standard InChI is InChI=1S/C18H17N5O2S/c1-10-11(2)26-17-14(10)16(24)20-13(21-17)8-9-19-18-22-15(23-25-18)12-6-4-3-5-7-12/h3-7H,8-9H2,1-2H3,(H,19,22,23)(H,20,21,24). The highest BCUT2D eigenvalue weighted by atomic mass is 32.1. The van der Waals surface area contributed by atoms with Crippen molar-refractivity contribution in [3.05, 3.63) is 57.0 Å². The van der Waals surface area contributed by atoms with Crippen LogP contribution in [0.3, 0.4) is 0 Å². The summed E-state index contributed by atoms with van der Waals surface area (Å²) in [5.41, 5.74) is 1.81. The van der Waals surface area contributed by atoms with Crippen LogP contribution in [0.15, 0.2) is 39.6 Å². The molecule has 0 aliphatic heterocycles. The van der Waals surface area contributed by atoms with Gasteiger partial charge in [-0.3, -0.25) is 4.79 Å². The van der Waals surface area contributed by atoms with Crippen LogP contribution in [0, 0.1) is 13.8 Å². The zero-order valence-corrected chi connectivity index (χ0v) is 15.2. The third-order valence-electron chi connectivity index (χ3n) is 4.18. The van der Waals surface area contributed by atoms with Gasteiger partial charge in [0, 0.05) is 23.4 Å². The maximum atomic E-state index is 12.3. The first-order chi connectivity index (χ1) is 12.6. The predicted octanol–water partition coefficient (Wildman–Crippen LogP) is 3.31. The van der Waals surface area contributed by atoms with Crippen LogP contribution in [-0.2, 0) is 6.42 Å². The minimum absolute atomic E-state index is 0.0870. The Morgan fingerprint density at radius 3 is 2.81 bits per heavy atom. The molecule has 26 heavy (non-hydrogen) atoms. The fraction of sp³-hybridized carbons (Fsp3) is 0.222. The smallest absolute Gasteiger partial charge is 0.321 e. The number of aryl methyl sites for hydroxylation is 2. The van der Waals surface area contributed by atoms with Gasteiger partial charge in [0.25, 0.3) is 5.56 Å². The fourth-order valence-electron chi connectivity index (χ4n) is 2.71. The average molecular weight is 367 g/mol. The highest BCUT2D eigenvalue weighted by Crippen LogP contribution is 2.25. The lowest BCUT2D eigenvalue weighted by atomic mass is 10.2. The van der Waals surface area contributed by atoms with Crippen LogP contribution in [0.25, 0.3) is 21.6 Å². The van der Waals surface area contributed by atoms with Crippen molar-refractivity contribution in [2.45, 2.75) is 20.3 Å². The van der Waals surface area contributed by atoms with Gasteiger partial charge in [-0.1, -0.05) is 35.5 Å². The monoisotopic (exact) mass is 367 g/mol. The molecule has 4 aromatic rings. The first-order valence-corrected chi connectivity index (χ1v) is 9.05. The fourth-order valence-corrected chi connectivity index (χ4v) is 3.75. The topological polar surface area (TPSA) is 96.7 Å². The van der Waals surface area contributed by atoms with E-state index in [0.29, 0.717) is 36.0 Å². The Bertz CT molecular complexity index is 1110. The number of hydrogen-bond donors (Lipinski definition) is 2. The molecule has 0 spiro atoms. The predicted molar refractivity (Wildman–Crippen MR) is 102 cm³/mol. The van der Waals surface area contributed by atoms with Crippen LogP contribution in [0.1, 0.15) is 16.3 Å². The lowest BCUT2D eigenvalue weighted by Gasteiger charge is -2.01. The van der Waals surface area contributed by atoms with Crippen LogP contribution in [0.2, 0.25) is 0 Å². The second-order valence-electron chi connectivity index (χ2n) is 5.94. The first-order valence-electron chi connectivity index (χ1n) is 8.23. The Morgan fingerprint density at radius 2 is 2.00 bits per heavy atom. The molecule has 0 aliphatic carbocycles. The summed E-state index contributed by atoms with van der Waals surface area (Å²) >= 11 is 1.55. The first kappa shape index (κ1) is 16.5. The van der Waals surface area contributed by atoms with Crippen molar-refractivity contribution < 1.29 is 4.52 Å². The molecule has 132 valence electrons. The SMILES string of the molecule is Cc1sc2nc(CCNc3nc(-c4ccccc4)no3)[nH]c(=O)c2c1C. The number of aromatic amines is 1. The molecule has 2 N–H and O–H groups in total. The second kappa shape index (κ2) is 6.72. The molecule has 8 heteroatoms. The molecular weight excluding hydrogens is 350 g/mol. The summed E-state index contributed by atoms with van der Waals surface area (Å²) in [6.07, 6.45) is 0.546. The third kappa shape index (κ3) is 3.11. The number of nitrogens with zero attached hydrogens (tertiary/aromatic N) is 3. The van der Waals surface area contributed by atoms with Gasteiger partial charge in [-0.2, -0.15) is 4.98 Å². The maximum Gasteiger partial charge on any atom is 0.321 e. The van der Waals surface area contributed by atoms with Gasteiger partial charge in [0.1, 0.15) is 10.7 Å². The van der Waals surface area contributed by atoms with Gasteiger partial charge in [-0.25, -0.2) is 4.98 Å². The second-order valence-corrected chi connectivity index (χ2v) is 7.15. The molecule has 0 atom stereocenters. The lowest BCUT2D eigenvalue weighted by Crippen LogP contribution is -2.14. The van der Waals surface area contributed by atoms with Crippen LogP contribution in [0.4, 0.5) is 6.01 Å². The van der Waals surface area contributed by atoms with Gasteiger partial charge in [0.05, 0.1) is 5.39 Å². The Kier molecular flexibility index (Phi) is 4.26. The molecule has 0 bridgehead atoms. The number of aromatic nitrogens is 4. The van der Waals surface area contributed by atoms with E-state index in [1.807, 2.05) is 44.2 Å². The van der Waals surface area contributed by atoms with Crippen LogP contribution in [0.5, 0.6) is 0 Å². The quantitative estimate of drug-likeness (QED) is 0.562. The highest BCUT2D eigenvalue weighted by molar-refractivity contribution is 7.18. The third-order valence-corrected chi connectivity index (χ3v) is 5.29. The molecule has 0 saturated heterocycles. The number of thiophene rings is 1. The zero-order valence-electron chi connectivity index (χ0n) is 14.4. The van der Waals surface area contributed by atoms with Gasteiger partial charge >= 0.3 is 6.01 Å². The van der Waals surface area contributed by atoms with Gasteiger partial charge in [0.15, 0.2) is 0 Å². The van der Waals surface area contributed by atoms with E-state index in [1.54, 1.807) is 11.3 Å². The molecule has 7 nitrogen and oxygen atoms in total. The van der Waals surface area contributed by atoms with Crippen molar-refractivity contribution in [1.82, 2.24) is 20.1 Å². The molecule has 1 aromatic carbocycles. The van der Waals surface area contributed by atoms with Crippen molar-refractivity contribution >= 4 is 27.6 Å². The van der Waals surface area contributed by atoms with Crippen LogP contribution >= 0.6 is 11.3 Å². The van der Waals surface area contributed by atoms with E-state index in [1.165, 1.54) is 0 Å². The summed E-state index contributed by atoms with van der Waals surface area (Å²) in [5, 5.41) is 7.72. The summed E-state index contributed by atoms with van der Waals surface area (Å²) < 4.78 is 5.21. The largest absolute Gasteiger partial charge is 0.337 e. The zero-order chi connectivity index (χ0) is 18.1. The number of benzene rings is 1. The molecule has 0 fully saturated rings. The van der Waals surface area contributed by atoms with Crippen molar-refractivity contribution in [2.75, 3.05) is 11.9 Å². The van der Waals surface area contributed by atoms with Gasteiger partial charge in [-0.05, 0) is 19.4 Å². The Hall–Kier alpha value is -3.00. The number of rotatable bonds is 5. The maximum absolute atomic E-state index is 12.3. The van der Waals surface area contributed by atoms with E-state index < -0.39 is 0 Å². The summed E-state index contributed by atoms with van der Waals surface area (Å²) in [7, 11) is 0. The molecule has 4 rings (SSSR count). The van der Waals surface area contributed by atoms with Crippen molar-refractivity contribution in [1.29, 1.82) is 0 Å². The van der Waals surface area contributed by atoms with Crippen molar-refractivity contribution in [2.24, 2.45) is 0 Å². The number of anilines is 1. The number of hydrogen-bond acceptors (Lipinski definition) is 7. The average Bonchev–Trinajstić information content (AvgIpc) is 3.21. The number of H-pyrrole nitrogens is 1. The molecular formula is C18H17N5O2S. The number of nitrogens with one attached hydrogen (secondary N) is 2. The van der Waals surface area contributed by atoms with E-state index in [9.17, 15) is 4.79 Å². The minimum atomic E-state index is -0.0870. The lowest BCUT2D eigenvalue weighted by molar-refractivity contribution is 0.432. The summed E-state index contributed by atoms with van der Waals surface area (Å²) in [6, 6.07) is 9.96. The normalized spacial score (nSPS) is 11.2. The minimum Gasteiger partial charge on any atom is -0.337 e. The van der Waals surface area contributed by atoms with Crippen LogP contribution < -0.4 is 10.9 Å². The molecule has 3 aromatic heterocycles. The summed E-state index contributed by atoms with van der Waals surface area (Å²) in [5.74, 6) is 1.17. The van der Waals surface area contributed by atoms with Crippen molar-refractivity contribution in [3.8, 4) is 11.4 Å². The summed E-state index contributed by atoms with van der Waals surface area (Å²) in [6.45, 7) is 4.47. The Labute approximate surface area is 153 Å². The van der Waals surface area contributed by atoms with Crippen LogP contribution in [-0.4, -0.2) is 26.7 Å². The molecule has 0 amide bonds. The van der Waals surface area contributed by atoms with E-state index in [0.717, 1.165) is 20.8 Å². The van der Waals surface area contributed by atoms with Gasteiger partial charge in [0.2, 0.25) is 5.82 Å².